The van der Waals surface area contributed by atoms with Gasteiger partial charge in [-0.1, -0.05) is 48.5 Å². The predicted octanol–water partition coefficient (Wildman–Crippen LogP) is 6.02. The number of benzene rings is 2. The van der Waals surface area contributed by atoms with E-state index in [0.29, 0.717) is 17.6 Å². The van der Waals surface area contributed by atoms with Gasteiger partial charge in [-0.3, -0.25) is 4.79 Å². The summed E-state index contributed by atoms with van der Waals surface area (Å²) in [6.07, 6.45) is 7.11. The molecule has 2 aromatic carbocycles. The minimum Gasteiger partial charge on any atom is -0.459 e. The number of dihydropyridines is 1. The van der Waals surface area contributed by atoms with Crippen LogP contribution in [0.3, 0.4) is 0 Å². The van der Waals surface area contributed by atoms with E-state index < -0.39 is 5.92 Å². The Morgan fingerprint density at radius 2 is 1.71 bits per heavy atom. The first-order chi connectivity index (χ1) is 17.1. The molecule has 0 radical (unpaired) electrons. The molecule has 0 bridgehead atoms. The lowest BCUT2D eigenvalue weighted by Crippen LogP contribution is -2.36. The maximum absolute atomic E-state index is 13.8. The van der Waals surface area contributed by atoms with E-state index >= 15 is 0 Å². The molecule has 5 heteroatoms. The van der Waals surface area contributed by atoms with Crippen LogP contribution in [0.25, 0.3) is 10.9 Å². The second-order valence-electron chi connectivity index (χ2n) is 10.0. The van der Waals surface area contributed by atoms with Crippen molar-refractivity contribution in [3.63, 3.8) is 0 Å². The summed E-state index contributed by atoms with van der Waals surface area (Å²) in [7, 11) is 0. The van der Waals surface area contributed by atoms with Crippen LogP contribution in [-0.4, -0.2) is 22.8 Å². The maximum atomic E-state index is 13.8. The molecular weight excluding hydrogens is 436 g/mol. The number of ether oxygens (including phenoxy) is 1. The Morgan fingerprint density at radius 3 is 2.51 bits per heavy atom. The van der Waals surface area contributed by atoms with Gasteiger partial charge in [0.05, 0.1) is 11.5 Å². The van der Waals surface area contributed by atoms with Crippen molar-refractivity contribution in [3.8, 4) is 0 Å². The van der Waals surface area contributed by atoms with E-state index in [-0.39, 0.29) is 23.8 Å². The number of H-pyrrole nitrogens is 1. The molecule has 0 amide bonds. The quantitative estimate of drug-likeness (QED) is 0.462. The number of aromatic nitrogens is 1. The van der Waals surface area contributed by atoms with Crippen molar-refractivity contribution in [1.29, 1.82) is 0 Å². The number of allylic oxidation sites excluding steroid dienone is 3. The summed E-state index contributed by atoms with van der Waals surface area (Å²) in [5.41, 5.74) is 6.11. The summed E-state index contributed by atoms with van der Waals surface area (Å²) in [4.78, 5) is 30.7. The normalized spacial score (nSPS) is 22.9. The van der Waals surface area contributed by atoms with Gasteiger partial charge in [0.2, 0.25) is 0 Å². The Balaban J connectivity index is 1.45. The Labute approximate surface area is 205 Å². The molecule has 2 heterocycles. The predicted molar refractivity (Wildman–Crippen MR) is 136 cm³/mol. The molecule has 0 spiro atoms. The van der Waals surface area contributed by atoms with Crippen LogP contribution in [0.1, 0.15) is 68.4 Å². The molecule has 1 aliphatic heterocycles. The molecule has 3 aromatic rings. The first-order valence-electron chi connectivity index (χ1n) is 12.7. The highest BCUT2D eigenvalue weighted by Crippen LogP contribution is 2.47. The van der Waals surface area contributed by atoms with Gasteiger partial charge in [-0.05, 0) is 62.1 Å². The Bertz CT molecular complexity index is 1360. The monoisotopic (exact) mass is 466 g/mol. The fourth-order valence-corrected chi connectivity index (χ4v) is 6.14. The molecule has 2 aliphatic carbocycles. The number of hydrogen-bond acceptors (Lipinski definition) is 4. The Morgan fingerprint density at radius 1 is 0.971 bits per heavy atom. The summed E-state index contributed by atoms with van der Waals surface area (Å²) >= 11 is 0. The number of rotatable bonds is 4. The van der Waals surface area contributed by atoms with E-state index in [1.807, 2.05) is 49.5 Å². The minimum atomic E-state index is -0.444. The first-order valence-corrected chi connectivity index (χ1v) is 12.7. The summed E-state index contributed by atoms with van der Waals surface area (Å²) in [5.74, 6) is -0.526. The molecule has 0 saturated heterocycles. The molecule has 2 N–H and O–H groups in total. The molecule has 178 valence electrons. The zero-order chi connectivity index (χ0) is 23.9. The minimum absolute atomic E-state index is 0.0358. The number of hydrogen-bond donors (Lipinski definition) is 2. The lowest BCUT2D eigenvalue weighted by Gasteiger charge is -2.36. The highest BCUT2D eigenvalue weighted by Gasteiger charge is 2.42. The number of Topliss-reactive ketones (excluding diaryl/α,β-unsaturated/α-hetero) is 1. The van der Waals surface area contributed by atoms with Crippen molar-refractivity contribution in [2.24, 2.45) is 0 Å². The summed E-state index contributed by atoms with van der Waals surface area (Å²) in [5, 5.41) is 4.50. The zero-order valence-electron chi connectivity index (χ0n) is 20.0. The third-order valence-corrected chi connectivity index (χ3v) is 7.83. The van der Waals surface area contributed by atoms with Crippen molar-refractivity contribution in [1.82, 2.24) is 10.3 Å². The van der Waals surface area contributed by atoms with Crippen molar-refractivity contribution >= 4 is 22.7 Å². The highest BCUT2D eigenvalue weighted by molar-refractivity contribution is 6.05. The fourth-order valence-electron chi connectivity index (χ4n) is 6.14. The molecule has 3 aliphatic rings. The summed E-state index contributed by atoms with van der Waals surface area (Å²) in [6.45, 7) is 1.94. The highest BCUT2D eigenvalue weighted by atomic mass is 16.5. The van der Waals surface area contributed by atoms with Gasteiger partial charge < -0.3 is 15.0 Å². The Hall–Kier alpha value is -3.60. The van der Waals surface area contributed by atoms with Crippen LogP contribution >= 0.6 is 0 Å². The van der Waals surface area contributed by atoms with E-state index in [9.17, 15) is 9.59 Å². The molecule has 2 atom stereocenters. The smallest absolute Gasteiger partial charge is 0.337 e. The maximum Gasteiger partial charge on any atom is 0.337 e. The zero-order valence-corrected chi connectivity index (χ0v) is 20.0. The molecule has 2 unspecified atom stereocenters. The summed E-state index contributed by atoms with van der Waals surface area (Å²) in [6, 6.07) is 18.3. The Kier molecular flexibility index (Phi) is 5.56. The van der Waals surface area contributed by atoms with Crippen LogP contribution in [0.5, 0.6) is 0 Å². The van der Waals surface area contributed by atoms with Crippen LogP contribution in [0.4, 0.5) is 0 Å². The number of carbonyl (C=O) groups is 2. The molecule has 1 aromatic heterocycles. The van der Waals surface area contributed by atoms with Gasteiger partial charge in [0.25, 0.3) is 0 Å². The first kappa shape index (κ1) is 21.9. The third-order valence-electron chi connectivity index (χ3n) is 7.83. The van der Waals surface area contributed by atoms with Crippen molar-refractivity contribution in [2.75, 3.05) is 0 Å². The van der Waals surface area contributed by atoms with E-state index in [1.54, 1.807) is 0 Å². The van der Waals surface area contributed by atoms with Gasteiger partial charge in [0.1, 0.15) is 6.10 Å². The molecule has 35 heavy (non-hydrogen) atoms. The number of ketones is 1. The van der Waals surface area contributed by atoms with Gasteiger partial charge in [-0.2, -0.15) is 0 Å². The average molecular weight is 467 g/mol. The lowest BCUT2D eigenvalue weighted by atomic mass is 9.71. The number of para-hydroxylation sites is 1. The standard InChI is InChI=1S/C30H30N2O3/c1-18-27(30(34)35-21-11-5-6-12-21)28(23-17-31-24-14-8-7-13-22(23)24)29-25(32-18)15-20(16-26(29)33)19-9-3-2-4-10-19/h2-4,7-10,13-14,17,20-21,28,31-32H,5-6,11-12,15-16H2,1H3. The number of aromatic amines is 1. The van der Waals surface area contributed by atoms with Crippen LogP contribution in [0.2, 0.25) is 0 Å². The molecule has 5 nitrogen and oxygen atoms in total. The second kappa shape index (κ2) is 8.88. The van der Waals surface area contributed by atoms with Crippen LogP contribution in [0, 0.1) is 0 Å². The van der Waals surface area contributed by atoms with E-state index in [1.165, 1.54) is 5.56 Å². The van der Waals surface area contributed by atoms with Gasteiger partial charge in [0, 0.05) is 40.5 Å². The molecule has 1 fully saturated rings. The summed E-state index contributed by atoms with van der Waals surface area (Å²) < 4.78 is 5.99. The van der Waals surface area contributed by atoms with Gasteiger partial charge in [0.15, 0.2) is 5.78 Å². The van der Waals surface area contributed by atoms with Crippen molar-refractivity contribution in [3.05, 3.63) is 94.5 Å². The number of carbonyl (C=O) groups excluding carboxylic acids is 2. The number of nitrogens with one attached hydrogen (secondary N) is 2. The van der Waals surface area contributed by atoms with E-state index in [0.717, 1.165) is 60.0 Å². The van der Waals surface area contributed by atoms with Crippen LogP contribution in [-0.2, 0) is 14.3 Å². The average Bonchev–Trinajstić information content (AvgIpc) is 3.53. The molecular formula is C30H30N2O3. The fraction of sp³-hybridized carbons (Fsp3) is 0.333. The third kappa shape index (κ3) is 3.89. The van der Waals surface area contributed by atoms with Gasteiger partial charge >= 0.3 is 5.97 Å². The largest absolute Gasteiger partial charge is 0.459 e. The van der Waals surface area contributed by atoms with Crippen molar-refractivity contribution < 1.29 is 14.3 Å². The van der Waals surface area contributed by atoms with Crippen molar-refractivity contribution in [2.45, 2.75) is 63.4 Å². The molecule has 6 rings (SSSR count). The second-order valence-corrected chi connectivity index (χ2v) is 10.0. The van der Waals surface area contributed by atoms with Gasteiger partial charge in [-0.25, -0.2) is 4.79 Å². The lowest BCUT2D eigenvalue weighted by molar-refractivity contribution is -0.144. The molecule has 1 saturated carbocycles. The topological polar surface area (TPSA) is 71.2 Å². The number of fused-ring (bicyclic) bond motifs is 1. The van der Waals surface area contributed by atoms with E-state index in [4.69, 9.17) is 4.74 Å². The number of esters is 1. The van der Waals surface area contributed by atoms with E-state index in [2.05, 4.69) is 28.5 Å². The van der Waals surface area contributed by atoms with Crippen LogP contribution in [0.15, 0.2) is 83.3 Å². The van der Waals surface area contributed by atoms with Crippen LogP contribution < -0.4 is 5.32 Å². The SMILES string of the molecule is CC1=C(C(=O)OC2CCCC2)C(c2c[nH]c3ccccc23)C2=C(CC(c3ccccc3)CC2=O)N1. The van der Waals surface area contributed by atoms with Gasteiger partial charge in [-0.15, -0.1) is 0 Å².